The predicted octanol–water partition coefficient (Wildman–Crippen LogP) is 3.00. The summed E-state index contributed by atoms with van der Waals surface area (Å²) in [6, 6.07) is 14.1. The van der Waals surface area contributed by atoms with Crippen LogP contribution in [0.4, 0.5) is 5.82 Å². The third-order valence-corrected chi connectivity index (χ3v) is 3.20. The average Bonchev–Trinajstić information content (AvgIpc) is 2.92. The van der Waals surface area contributed by atoms with E-state index in [9.17, 15) is 0 Å². The van der Waals surface area contributed by atoms with Crippen LogP contribution in [0.25, 0.3) is 11.0 Å². The zero-order valence-corrected chi connectivity index (χ0v) is 11.0. The number of aromatic amines is 1. The van der Waals surface area contributed by atoms with Crippen LogP contribution in [0.3, 0.4) is 0 Å². The highest BCUT2D eigenvalue weighted by Gasteiger charge is 2.11. The number of H-pyrrole nitrogens is 1. The predicted molar refractivity (Wildman–Crippen MR) is 77.1 cm³/mol. The first-order chi connectivity index (χ1) is 9.78. The zero-order valence-electron chi connectivity index (χ0n) is 11.0. The summed E-state index contributed by atoms with van der Waals surface area (Å²) in [4.78, 5) is 11.3. The smallest absolute Gasteiger partial charge is 0.143 e. The Kier molecular flexibility index (Phi) is 3.05. The molecule has 0 fully saturated rings. The van der Waals surface area contributed by atoms with Gasteiger partial charge in [0.2, 0.25) is 0 Å². The summed E-state index contributed by atoms with van der Waals surface area (Å²) in [5, 5.41) is 13.1. The van der Waals surface area contributed by atoms with E-state index in [0.717, 1.165) is 11.2 Å². The van der Waals surface area contributed by atoms with E-state index in [1.54, 1.807) is 6.07 Å². The van der Waals surface area contributed by atoms with Crippen molar-refractivity contribution in [2.24, 2.45) is 0 Å². The quantitative estimate of drug-likeness (QED) is 0.761. The lowest BCUT2D eigenvalue weighted by molar-refractivity contribution is 0.876. The van der Waals surface area contributed by atoms with Crippen LogP contribution < -0.4 is 5.32 Å². The first-order valence-electron chi connectivity index (χ1n) is 6.33. The lowest BCUT2D eigenvalue weighted by Crippen LogP contribution is -2.08. The molecule has 5 nitrogen and oxygen atoms in total. The molecule has 2 heterocycles. The molecule has 0 bridgehead atoms. The maximum absolute atomic E-state index is 8.94. The number of rotatable bonds is 3. The van der Waals surface area contributed by atoms with Crippen LogP contribution in [0, 0.1) is 11.3 Å². The summed E-state index contributed by atoms with van der Waals surface area (Å²) in [7, 11) is 0. The maximum atomic E-state index is 8.94. The SMILES string of the molecule is CC(Nc1ncnc2[nH]c(C#N)cc12)c1ccccc1. The van der Waals surface area contributed by atoms with Gasteiger partial charge in [0.15, 0.2) is 0 Å². The van der Waals surface area contributed by atoms with Crippen LogP contribution in [0.15, 0.2) is 42.7 Å². The fraction of sp³-hybridized carbons (Fsp3) is 0.133. The van der Waals surface area contributed by atoms with Gasteiger partial charge in [0.1, 0.15) is 29.6 Å². The third kappa shape index (κ3) is 2.19. The number of hydrogen-bond donors (Lipinski definition) is 2. The molecule has 3 rings (SSSR count). The van der Waals surface area contributed by atoms with E-state index in [0.29, 0.717) is 11.3 Å². The molecule has 98 valence electrons. The summed E-state index contributed by atoms with van der Waals surface area (Å²) in [5.74, 6) is 0.726. The topological polar surface area (TPSA) is 77.4 Å². The molecular weight excluding hydrogens is 250 g/mol. The number of nitriles is 1. The van der Waals surface area contributed by atoms with Gasteiger partial charge in [-0.3, -0.25) is 0 Å². The monoisotopic (exact) mass is 263 g/mol. The highest BCUT2D eigenvalue weighted by molar-refractivity contribution is 5.88. The molecule has 2 N–H and O–H groups in total. The number of fused-ring (bicyclic) bond motifs is 1. The molecule has 20 heavy (non-hydrogen) atoms. The van der Waals surface area contributed by atoms with Gasteiger partial charge >= 0.3 is 0 Å². The van der Waals surface area contributed by atoms with E-state index in [4.69, 9.17) is 5.26 Å². The Morgan fingerprint density at radius 1 is 1.25 bits per heavy atom. The molecule has 0 spiro atoms. The second-order valence-corrected chi connectivity index (χ2v) is 4.56. The highest BCUT2D eigenvalue weighted by atomic mass is 15.1. The first-order valence-corrected chi connectivity index (χ1v) is 6.33. The van der Waals surface area contributed by atoms with Crippen molar-refractivity contribution >= 4 is 16.9 Å². The van der Waals surface area contributed by atoms with Crippen molar-refractivity contribution in [1.82, 2.24) is 15.0 Å². The van der Waals surface area contributed by atoms with Crippen LogP contribution in [-0.2, 0) is 0 Å². The van der Waals surface area contributed by atoms with Crippen LogP contribution in [0.5, 0.6) is 0 Å². The van der Waals surface area contributed by atoms with Gasteiger partial charge in [-0.2, -0.15) is 5.26 Å². The van der Waals surface area contributed by atoms with E-state index in [-0.39, 0.29) is 6.04 Å². The number of hydrogen-bond acceptors (Lipinski definition) is 4. The maximum Gasteiger partial charge on any atom is 0.143 e. The number of anilines is 1. The molecule has 0 saturated carbocycles. The fourth-order valence-corrected chi connectivity index (χ4v) is 2.15. The lowest BCUT2D eigenvalue weighted by atomic mass is 10.1. The molecule has 1 atom stereocenters. The van der Waals surface area contributed by atoms with Crippen molar-refractivity contribution in [3.63, 3.8) is 0 Å². The molecule has 0 radical (unpaired) electrons. The Morgan fingerprint density at radius 3 is 2.80 bits per heavy atom. The van der Waals surface area contributed by atoms with E-state index in [1.807, 2.05) is 18.2 Å². The fourth-order valence-electron chi connectivity index (χ4n) is 2.15. The zero-order chi connectivity index (χ0) is 13.9. The Hall–Kier alpha value is -2.87. The average molecular weight is 263 g/mol. The minimum absolute atomic E-state index is 0.120. The standard InChI is InChI=1S/C15H13N5/c1-10(11-5-3-2-4-6-11)19-14-13-7-12(8-16)20-15(13)18-9-17-14/h2-7,9-10H,1H3,(H2,17,18,19,20). The van der Waals surface area contributed by atoms with Crippen molar-refractivity contribution in [1.29, 1.82) is 5.26 Å². The van der Waals surface area contributed by atoms with E-state index < -0.39 is 0 Å². The Labute approximate surface area is 116 Å². The molecule has 0 saturated heterocycles. The summed E-state index contributed by atoms with van der Waals surface area (Å²) < 4.78 is 0. The number of nitrogens with zero attached hydrogens (tertiary/aromatic N) is 3. The van der Waals surface area contributed by atoms with Crippen molar-refractivity contribution in [3.05, 3.63) is 54.0 Å². The van der Waals surface area contributed by atoms with Gasteiger partial charge in [0, 0.05) is 6.04 Å². The summed E-state index contributed by atoms with van der Waals surface area (Å²) in [6.07, 6.45) is 1.49. The number of benzene rings is 1. The summed E-state index contributed by atoms with van der Waals surface area (Å²) in [5.41, 5.74) is 2.32. The van der Waals surface area contributed by atoms with Gasteiger partial charge in [0.05, 0.1) is 5.39 Å². The molecule has 1 aromatic carbocycles. The summed E-state index contributed by atoms with van der Waals surface area (Å²) in [6.45, 7) is 2.07. The molecule has 0 aliphatic heterocycles. The largest absolute Gasteiger partial charge is 0.363 e. The third-order valence-electron chi connectivity index (χ3n) is 3.20. The molecule has 5 heteroatoms. The van der Waals surface area contributed by atoms with E-state index >= 15 is 0 Å². The normalized spacial score (nSPS) is 12.0. The molecule has 1 unspecified atom stereocenters. The Bertz CT molecular complexity index is 770. The molecule has 0 aliphatic rings. The minimum Gasteiger partial charge on any atom is -0.363 e. The second-order valence-electron chi connectivity index (χ2n) is 4.56. The van der Waals surface area contributed by atoms with Gasteiger partial charge in [-0.05, 0) is 18.6 Å². The van der Waals surface area contributed by atoms with Gasteiger partial charge in [-0.1, -0.05) is 30.3 Å². The lowest BCUT2D eigenvalue weighted by Gasteiger charge is -2.15. The second kappa shape index (κ2) is 5.02. The van der Waals surface area contributed by atoms with Gasteiger partial charge in [-0.15, -0.1) is 0 Å². The van der Waals surface area contributed by atoms with Crippen molar-refractivity contribution in [2.75, 3.05) is 5.32 Å². The molecule has 0 amide bonds. The van der Waals surface area contributed by atoms with Gasteiger partial charge in [-0.25, -0.2) is 9.97 Å². The number of aromatic nitrogens is 3. The van der Waals surface area contributed by atoms with Crippen LogP contribution in [0.1, 0.15) is 24.2 Å². The Morgan fingerprint density at radius 2 is 2.05 bits per heavy atom. The highest BCUT2D eigenvalue weighted by Crippen LogP contribution is 2.24. The molecule has 3 aromatic rings. The van der Waals surface area contributed by atoms with Gasteiger partial charge < -0.3 is 10.3 Å². The Balaban J connectivity index is 1.95. The summed E-state index contributed by atoms with van der Waals surface area (Å²) >= 11 is 0. The van der Waals surface area contributed by atoms with Crippen molar-refractivity contribution < 1.29 is 0 Å². The van der Waals surface area contributed by atoms with Crippen LogP contribution in [0.2, 0.25) is 0 Å². The van der Waals surface area contributed by atoms with Gasteiger partial charge in [0.25, 0.3) is 0 Å². The van der Waals surface area contributed by atoms with Crippen LogP contribution >= 0.6 is 0 Å². The minimum atomic E-state index is 0.120. The van der Waals surface area contributed by atoms with Crippen LogP contribution in [-0.4, -0.2) is 15.0 Å². The molecular formula is C15H13N5. The number of nitrogens with one attached hydrogen (secondary N) is 2. The van der Waals surface area contributed by atoms with Crippen molar-refractivity contribution in [3.8, 4) is 6.07 Å². The molecule has 2 aromatic heterocycles. The van der Waals surface area contributed by atoms with E-state index in [1.165, 1.54) is 11.9 Å². The molecule has 0 aliphatic carbocycles. The first kappa shape index (κ1) is 12.2. The van der Waals surface area contributed by atoms with E-state index in [2.05, 4.69) is 45.4 Å². The van der Waals surface area contributed by atoms with Crippen molar-refractivity contribution in [2.45, 2.75) is 13.0 Å².